The van der Waals surface area contributed by atoms with Crippen LogP contribution in [0.3, 0.4) is 0 Å². The lowest BCUT2D eigenvalue weighted by Gasteiger charge is -2.13. The first-order chi connectivity index (χ1) is 16.9. The predicted molar refractivity (Wildman–Crippen MR) is 137 cm³/mol. The number of amides is 1. The molecule has 0 aliphatic heterocycles. The van der Waals surface area contributed by atoms with Crippen LogP contribution in [0.15, 0.2) is 54.6 Å². The van der Waals surface area contributed by atoms with Crippen molar-refractivity contribution in [2.75, 3.05) is 20.8 Å². The van der Waals surface area contributed by atoms with Crippen molar-refractivity contribution in [3.8, 4) is 17.2 Å². The van der Waals surface area contributed by atoms with Crippen LogP contribution in [-0.2, 0) is 13.1 Å². The van der Waals surface area contributed by atoms with Gasteiger partial charge in [-0.3, -0.25) is 4.79 Å². The van der Waals surface area contributed by atoms with Gasteiger partial charge >= 0.3 is 0 Å². The molecule has 8 heteroatoms. The number of hydrogen-bond donors (Lipinski definition) is 1. The lowest BCUT2D eigenvalue weighted by Crippen LogP contribution is -2.25. The van der Waals surface area contributed by atoms with E-state index in [1.54, 1.807) is 25.3 Å². The number of halogens is 1. The molecule has 4 rings (SSSR count). The fourth-order valence-electron chi connectivity index (χ4n) is 3.99. The summed E-state index contributed by atoms with van der Waals surface area (Å²) in [5, 5.41) is 3.72. The van der Waals surface area contributed by atoms with Crippen LogP contribution >= 0.6 is 11.6 Å². The Kier molecular flexibility index (Phi) is 7.46. The summed E-state index contributed by atoms with van der Waals surface area (Å²) >= 11 is 6.27. The van der Waals surface area contributed by atoms with Crippen LogP contribution in [0, 0.1) is 13.8 Å². The third-order valence-corrected chi connectivity index (χ3v) is 6.38. The Bertz CT molecular complexity index is 1340. The molecule has 0 unspecified atom stereocenters. The van der Waals surface area contributed by atoms with Gasteiger partial charge in [0.2, 0.25) is 0 Å². The predicted octanol–water partition coefficient (Wildman–Crippen LogP) is 5.33. The average Bonchev–Trinajstić information content (AvgIpc) is 3.22. The molecule has 3 aromatic carbocycles. The quantitative estimate of drug-likeness (QED) is 0.341. The number of rotatable bonds is 9. The summed E-state index contributed by atoms with van der Waals surface area (Å²) in [6, 6.07) is 16.8. The molecular formula is C27H28ClN3O4. The Hall–Kier alpha value is -3.71. The maximum atomic E-state index is 12.8. The fourth-order valence-corrected chi connectivity index (χ4v) is 4.10. The summed E-state index contributed by atoms with van der Waals surface area (Å²) in [5.74, 6) is 2.35. The molecule has 4 aromatic rings. The van der Waals surface area contributed by atoms with Gasteiger partial charge in [0.05, 0.1) is 38.3 Å². The Morgan fingerprint density at radius 2 is 1.71 bits per heavy atom. The molecule has 1 amide bonds. The first kappa shape index (κ1) is 24.4. The number of hydrogen-bond acceptors (Lipinski definition) is 5. The minimum absolute atomic E-state index is 0.229. The molecular weight excluding hydrogens is 466 g/mol. The lowest BCUT2D eigenvalue weighted by atomic mass is 10.1. The Labute approximate surface area is 209 Å². The van der Waals surface area contributed by atoms with Crippen LogP contribution < -0.4 is 19.5 Å². The van der Waals surface area contributed by atoms with Gasteiger partial charge in [-0.05, 0) is 67.4 Å². The summed E-state index contributed by atoms with van der Waals surface area (Å²) in [4.78, 5) is 17.6. The van der Waals surface area contributed by atoms with E-state index < -0.39 is 0 Å². The van der Waals surface area contributed by atoms with E-state index in [0.717, 1.165) is 38.8 Å². The van der Waals surface area contributed by atoms with Gasteiger partial charge in [-0.25, -0.2) is 4.98 Å². The van der Waals surface area contributed by atoms with E-state index in [1.165, 1.54) is 7.11 Å². The lowest BCUT2D eigenvalue weighted by molar-refractivity contribution is 0.0949. The van der Waals surface area contributed by atoms with Crippen LogP contribution in [0.1, 0.15) is 27.3 Å². The van der Waals surface area contributed by atoms with Crippen LogP contribution in [0.5, 0.6) is 17.2 Å². The summed E-state index contributed by atoms with van der Waals surface area (Å²) in [6.07, 6.45) is 0. The highest BCUT2D eigenvalue weighted by molar-refractivity contribution is 6.32. The Balaban J connectivity index is 1.49. The molecule has 0 atom stereocenters. The van der Waals surface area contributed by atoms with Gasteiger partial charge in [0, 0.05) is 10.6 Å². The first-order valence-corrected chi connectivity index (χ1v) is 11.6. The number of nitrogens with zero attached hydrogens (tertiary/aromatic N) is 2. The van der Waals surface area contributed by atoms with Gasteiger partial charge in [0.25, 0.3) is 5.91 Å². The van der Waals surface area contributed by atoms with Crippen LogP contribution in [0.25, 0.3) is 11.0 Å². The van der Waals surface area contributed by atoms with Crippen molar-refractivity contribution in [2.45, 2.75) is 26.9 Å². The van der Waals surface area contributed by atoms with E-state index in [-0.39, 0.29) is 12.5 Å². The van der Waals surface area contributed by atoms with Gasteiger partial charge in [-0.1, -0.05) is 23.7 Å². The normalized spacial score (nSPS) is 10.9. The summed E-state index contributed by atoms with van der Waals surface area (Å²) in [5.41, 5.74) is 4.28. The second-order valence-electron chi connectivity index (χ2n) is 8.14. The standard InChI is InChI=1S/C27H28ClN3O4/c1-17-13-20(14-18(2)26(17)28)35-12-11-31-22-8-6-5-7-21(22)30-25(31)16-29-27(32)19-9-10-23(33-3)24(15-19)34-4/h5-10,13-15H,11-12,16H2,1-4H3,(H,29,32). The molecule has 7 nitrogen and oxygen atoms in total. The van der Waals surface area contributed by atoms with Crippen LogP contribution in [-0.4, -0.2) is 36.3 Å². The molecule has 0 saturated heterocycles. The molecule has 0 radical (unpaired) electrons. The van der Waals surface area contributed by atoms with Crippen molar-refractivity contribution in [1.29, 1.82) is 0 Å². The van der Waals surface area contributed by atoms with Crippen molar-refractivity contribution in [3.63, 3.8) is 0 Å². The molecule has 182 valence electrons. The fraction of sp³-hybridized carbons (Fsp3) is 0.259. The summed E-state index contributed by atoms with van der Waals surface area (Å²) < 4.78 is 18.6. The second kappa shape index (κ2) is 10.7. The topological polar surface area (TPSA) is 74.6 Å². The molecule has 0 fully saturated rings. The molecule has 0 aliphatic carbocycles. The summed E-state index contributed by atoms with van der Waals surface area (Å²) in [6.45, 7) is 5.21. The molecule has 0 bridgehead atoms. The molecule has 35 heavy (non-hydrogen) atoms. The zero-order valence-electron chi connectivity index (χ0n) is 20.2. The third-order valence-electron chi connectivity index (χ3n) is 5.78. The number of aryl methyl sites for hydroxylation is 2. The van der Waals surface area contributed by atoms with Crippen molar-refractivity contribution in [3.05, 3.63) is 82.1 Å². The van der Waals surface area contributed by atoms with E-state index in [1.807, 2.05) is 50.2 Å². The maximum Gasteiger partial charge on any atom is 0.251 e. The van der Waals surface area contributed by atoms with E-state index in [4.69, 9.17) is 30.8 Å². The number of nitrogens with one attached hydrogen (secondary N) is 1. The van der Waals surface area contributed by atoms with Gasteiger partial charge in [-0.15, -0.1) is 0 Å². The third kappa shape index (κ3) is 5.35. The minimum Gasteiger partial charge on any atom is -0.493 e. The average molecular weight is 494 g/mol. The van der Waals surface area contributed by atoms with E-state index in [2.05, 4.69) is 9.88 Å². The number of aromatic nitrogens is 2. The van der Waals surface area contributed by atoms with Crippen LogP contribution in [0.2, 0.25) is 5.02 Å². The highest BCUT2D eigenvalue weighted by atomic mass is 35.5. The largest absolute Gasteiger partial charge is 0.493 e. The van der Waals surface area contributed by atoms with Gasteiger partial charge in [0.15, 0.2) is 11.5 Å². The van der Waals surface area contributed by atoms with Crippen molar-refractivity contribution >= 4 is 28.5 Å². The molecule has 0 aliphatic rings. The van der Waals surface area contributed by atoms with E-state index in [9.17, 15) is 4.79 Å². The zero-order chi connectivity index (χ0) is 24.9. The molecule has 1 heterocycles. The number of fused-ring (bicyclic) bond motifs is 1. The number of ether oxygens (including phenoxy) is 3. The first-order valence-electron chi connectivity index (χ1n) is 11.2. The van der Waals surface area contributed by atoms with E-state index >= 15 is 0 Å². The van der Waals surface area contributed by atoms with E-state index in [0.29, 0.717) is 30.2 Å². The Morgan fingerprint density at radius 1 is 1.00 bits per heavy atom. The highest BCUT2D eigenvalue weighted by Gasteiger charge is 2.14. The monoisotopic (exact) mass is 493 g/mol. The van der Waals surface area contributed by atoms with Gasteiger partial charge in [0.1, 0.15) is 18.2 Å². The number of carbonyl (C=O) groups is 1. The number of imidazole rings is 1. The molecule has 0 spiro atoms. The summed E-state index contributed by atoms with van der Waals surface area (Å²) in [7, 11) is 3.09. The highest BCUT2D eigenvalue weighted by Crippen LogP contribution is 2.28. The molecule has 1 aromatic heterocycles. The van der Waals surface area contributed by atoms with Gasteiger partial charge in [-0.2, -0.15) is 0 Å². The number of para-hydroxylation sites is 2. The maximum absolute atomic E-state index is 12.8. The minimum atomic E-state index is -0.229. The molecule has 1 N–H and O–H groups in total. The number of carbonyl (C=O) groups excluding carboxylic acids is 1. The SMILES string of the molecule is COc1ccc(C(=O)NCc2nc3ccccc3n2CCOc2cc(C)c(Cl)c(C)c2)cc1OC. The number of benzene rings is 3. The Morgan fingerprint density at radius 3 is 2.43 bits per heavy atom. The second-order valence-corrected chi connectivity index (χ2v) is 8.52. The van der Waals surface area contributed by atoms with Crippen molar-refractivity contribution in [2.24, 2.45) is 0 Å². The van der Waals surface area contributed by atoms with Crippen molar-refractivity contribution in [1.82, 2.24) is 14.9 Å². The molecule has 0 saturated carbocycles. The number of methoxy groups -OCH3 is 2. The van der Waals surface area contributed by atoms with Crippen LogP contribution in [0.4, 0.5) is 0 Å². The smallest absolute Gasteiger partial charge is 0.251 e. The zero-order valence-corrected chi connectivity index (χ0v) is 21.0. The van der Waals surface area contributed by atoms with Crippen molar-refractivity contribution < 1.29 is 19.0 Å². The van der Waals surface area contributed by atoms with Gasteiger partial charge < -0.3 is 24.1 Å².